The third kappa shape index (κ3) is 5.94. The van der Waals surface area contributed by atoms with E-state index in [2.05, 4.69) is 216 Å². The maximum atomic E-state index is 6.41. The zero-order valence-corrected chi connectivity index (χ0v) is 37.9. The fourth-order valence-corrected chi connectivity index (χ4v) is 12.1. The Labute approximate surface area is 399 Å². The average molecular weight is 899 g/mol. The number of furan rings is 2. The van der Waals surface area contributed by atoms with Gasteiger partial charge in [-0.05, 0) is 125 Å². The second-order valence-corrected chi connectivity index (χ2v) is 19.1. The van der Waals surface area contributed by atoms with Crippen LogP contribution in [0.4, 0.5) is 17.1 Å². The van der Waals surface area contributed by atoms with Crippen molar-refractivity contribution >= 4 is 125 Å². The molecule has 0 amide bonds. The van der Waals surface area contributed by atoms with E-state index in [1.54, 1.807) is 0 Å². The van der Waals surface area contributed by atoms with Gasteiger partial charge in [0.15, 0.2) is 0 Å². The lowest BCUT2D eigenvalue weighted by molar-refractivity contribution is 0.669. The molecule has 0 radical (unpaired) electrons. The van der Waals surface area contributed by atoms with Gasteiger partial charge in [0.2, 0.25) is 0 Å². The van der Waals surface area contributed by atoms with Crippen LogP contribution in [0.1, 0.15) is 0 Å². The van der Waals surface area contributed by atoms with Crippen LogP contribution in [0.2, 0.25) is 0 Å². The molecule has 0 bridgehead atoms. The zero-order valence-electron chi connectivity index (χ0n) is 37.1. The average Bonchev–Trinajstić information content (AvgIpc) is 4.17. The van der Waals surface area contributed by atoms with Crippen LogP contribution in [0.3, 0.4) is 0 Å². The highest BCUT2D eigenvalue weighted by Gasteiger charge is 2.20. The third-order valence-electron chi connectivity index (χ3n) is 14.2. The molecule has 0 spiro atoms. The van der Waals surface area contributed by atoms with Crippen molar-refractivity contribution in [1.82, 2.24) is 4.57 Å². The number of thiophene rings is 1. The van der Waals surface area contributed by atoms with Gasteiger partial charge in [-0.15, -0.1) is 11.3 Å². The van der Waals surface area contributed by atoms with Crippen LogP contribution in [-0.4, -0.2) is 4.57 Å². The molecule has 0 atom stereocenters. The van der Waals surface area contributed by atoms with Crippen molar-refractivity contribution < 1.29 is 8.83 Å². The number of aromatic nitrogens is 1. The summed E-state index contributed by atoms with van der Waals surface area (Å²) in [5, 5.41) is 12.1. The zero-order chi connectivity index (χ0) is 45.2. The van der Waals surface area contributed by atoms with Crippen LogP contribution in [-0.2, 0) is 0 Å². The van der Waals surface area contributed by atoms with Crippen molar-refractivity contribution in [1.29, 1.82) is 0 Å². The van der Waals surface area contributed by atoms with Crippen LogP contribution in [0, 0.1) is 0 Å². The largest absolute Gasteiger partial charge is 0.456 e. The molecule has 0 saturated carbocycles. The maximum absolute atomic E-state index is 6.41. The Morgan fingerprint density at radius 2 is 0.884 bits per heavy atom. The molecule has 15 rings (SSSR count). The fraction of sp³-hybridized carbons (Fsp3) is 0. The molecule has 0 fully saturated rings. The van der Waals surface area contributed by atoms with Crippen molar-refractivity contribution in [2.45, 2.75) is 0 Å². The molecule has 0 aliphatic heterocycles. The summed E-state index contributed by atoms with van der Waals surface area (Å²) in [5.41, 5.74) is 14.7. The van der Waals surface area contributed by atoms with Crippen molar-refractivity contribution in [2.24, 2.45) is 0 Å². The number of para-hydroxylation sites is 3. The van der Waals surface area contributed by atoms with Gasteiger partial charge in [0.05, 0.1) is 11.0 Å². The van der Waals surface area contributed by atoms with Gasteiger partial charge in [-0.2, -0.15) is 0 Å². The van der Waals surface area contributed by atoms with Crippen molar-refractivity contribution in [2.75, 3.05) is 4.90 Å². The minimum atomic E-state index is 0.849. The van der Waals surface area contributed by atoms with Crippen LogP contribution in [0.15, 0.2) is 239 Å². The highest BCUT2D eigenvalue weighted by molar-refractivity contribution is 7.26. The molecule has 11 aromatic carbocycles. The highest BCUT2D eigenvalue weighted by Crippen LogP contribution is 2.44. The Morgan fingerprint density at radius 3 is 1.61 bits per heavy atom. The van der Waals surface area contributed by atoms with Gasteiger partial charge in [-0.3, -0.25) is 0 Å². The van der Waals surface area contributed by atoms with E-state index in [-0.39, 0.29) is 0 Å². The first kappa shape index (κ1) is 38.2. The van der Waals surface area contributed by atoms with Gasteiger partial charge >= 0.3 is 0 Å². The molecule has 0 aliphatic rings. The second-order valence-electron chi connectivity index (χ2n) is 18.1. The highest BCUT2D eigenvalue weighted by atomic mass is 32.1. The van der Waals surface area contributed by atoms with Crippen LogP contribution in [0.5, 0.6) is 0 Å². The van der Waals surface area contributed by atoms with Crippen molar-refractivity contribution in [3.8, 4) is 27.9 Å². The summed E-state index contributed by atoms with van der Waals surface area (Å²) in [6, 6.07) is 83.3. The van der Waals surface area contributed by atoms with E-state index in [9.17, 15) is 0 Å². The molecule has 15 aromatic rings. The SMILES string of the molecule is c1ccc(-n2c3ccc(-c4cccc(-c5ccc(N(c6ccc7c(c6)oc6ccccc67)c6ccc7c(c6)oc6ccccc67)cc5)c4)cc3c3cc4ccc5c6ccccc6sc5c4cc32)cc1. The van der Waals surface area contributed by atoms with Gasteiger partial charge in [0.1, 0.15) is 22.3 Å². The van der Waals surface area contributed by atoms with E-state index < -0.39 is 0 Å². The number of fused-ring (bicyclic) bond motifs is 14. The van der Waals surface area contributed by atoms with E-state index in [1.165, 1.54) is 63.9 Å². The second kappa shape index (κ2) is 14.8. The van der Waals surface area contributed by atoms with E-state index in [4.69, 9.17) is 8.83 Å². The van der Waals surface area contributed by atoms with E-state index in [1.807, 2.05) is 35.6 Å². The lowest BCUT2D eigenvalue weighted by Gasteiger charge is -2.25. The van der Waals surface area contributed by atoms with Crippen LogP contribution >= 0.6 is 11.3 Å². The maximum Gasteiger partial charge on any atom is 0.137 e. The Kier molecular flexibility index (Phi) is 8.20. The summed E-state index contributed by atoms with van der Waals surface area (Å²) in [4.78, 5) is 2.29. The lowest BCUT2D eigenvalue weighted by Crippen LogP contribution is -2.09. The Bertz CT molecular complexity index is 4440. The minimum absolute atomic E-state index is 0.849. The smallest absolute Gasteiger partial charge is 0.137 e. The summed E-state index contributed by atoms with van der Waals surface area (Å²) in [6.45, 7) is 0. The molecule has 0 unspecified atom stereocenters. The number of benzene rings is 11. The van der Waals surface area contributed by atoms with Crippen molar-refractivity contribution in [3.63, 3.8) is 0 Å². The summed E-state index contributed by atoms with van der Waals surface area (Å²) >= 11 is 1.89. The predicted molar refractivity (Wildman–Crippen MR) is 291 cm³/mol. The summed E-state index contributed by atoms with van der Waals surface area (Å²) < 4.78 is 17.9. The van der Waals surface area contributed by atoms with Gasteiger partial charge in [-0.1, -0.05) is 121 Å². The molecule has 4 nitrogen and oxygen atoms in total. The molecule has 322 valence electrons. The number of rotatable bonds is 6. The molecule has 69 heavy (non-hydrogen) atoms. The molecule has 5 heteroatoms. The molecule has 4 aromatic heterocycles. The summed E-state index contributed by atoms with van der Waals surface area (Å²) in [7, 11) is 0. The molecular formula is C64H38N2O2S. The van der Waals surface area contributed by atoms with Crippen LogP contribution in [0.25, 0.3) is 125 Å². The first-order valence-electron chi connectivity index (χ1n) is 23.4. The van der Waals surface area contributed by atoms with Gasteiger partial charge in [0, 0.05) is 92.8 Å². The van der Waals surface area contributed by atoms with Crippen LogP contribution < -0.4 is 4.90 Å². The third-order valence-corrected chi connectivity index (χ3v) is 15.4. The summed E-state index contributed by atoms with van der Waals surface area (Å²) in [5.74, 6) is 0. The monoisotopic (exact) mass is 898 g/mol. The molecule has 4 heterocycles. The van der Waals surface area contributed by atoms with Crippen molar-refractivity contribution in [3.05, 3.63) is 231 Å². The number of hydrogen-bond acceptors (Lipinski definition) is 4. The normalized spacial score (nSPS) is 12.1. The quantitative estimate of drug-likeness (QED) is 0.167. The van der Waals surface area contributed by atoms with Gasteiger partial charge in [0.25, 0.3) is 0 Å². The number of anilines is 3. The number of hydrogen-bond donors (Lipinski definition) is 0. The lowest BCUT2D eigenvalue weighted by atomic mass is 9.97. The fourth-order valence-electron chi connectivity index (χ4n) is 10.9. The van der Waals surface area contributed by atoms with E-state index in [0.717, 1.165) is 77.8 Å². The molecule has 0 saturated heterocycles. The van der Waals surface area contributed by atoms with Gasteiger partial charge in [-0.25, -0.2) is 0 Å². The summed E-state index contributed by atoms with van der Waals surface area (Å²) in [6.07, 6.45) is 0. The van der Waals surface area contributed by atoms with Gasteiger partial charge < -0.3 is 18.3 Å². The minimum Gasteiger partial charge on any atom is -0.456 e. The molecule has 0 N–H and O–H groups in total. The first-order chi connectivity index (χ1) is 34.2. The van der Waals surface area contributed by atoms with E-state index >= 15 is 0 Å². The Morgan fingerprint density at radius 1 is 0.319 bits per heavy atom. The Balaban J connectivity index is 0.832. The Hall–Kier alpha value is -8.90. The molecular weight excluding hydrogens is 861 g/mol. The topological polar surface area (TPSA) is 34.5 Å². The predicted octanol–water partition coefficient (Wildman–Crippen LogP) is 18.9. The molecule has 0 aliphatic carbocycles. The van der Waals surface area contributed by atoms with E-state index in [0.29, 0.717) is 0 Å². The number of nitrogens with zero attached hydrogens (tertiary/aromatic N) is 2. The standard InChI is InChI=1S/C64H38N2O2S/c1-2-13-44(14-3-1)66-57-32-24-42(34-55(57)56-35-43-23-29-53-52-17-6-9-20-63(52)69-64(53)54(43)38-58(56)66)41-12-10-11-40(33-41)39-21-25-45(26-22-39)65(46-27-30-50-48-15-4-7-18-59(48)67-61(50)36-46)47-28-31-51-49-16-5-8-19-60(49)68-62(51)37-47/h1-38H. The first-order valence-corrected chi connectivity index (χ1v) is 24.2.